The smallest absolute Gasteiger partial charge is 0.274 e. The second-order valence-corrected chi connectivity index (χ2v) is 6.94. The predicted molar refractivity (Wildman–Crippen MR) is 109 cm³/mol. The Labute approximate surface area is 161 Å². The zero-order valence-corrected chi connectivity index (χ0v) is 15.8. The van der Waals surface area contributed by atoms with Crippen LogP contribution < -0.4 is 10.9 Å². The highest BCUT2D eigenvalue weighted by Crippen LogP contribution is 2.15. The Bertz CT molecular complexity index is 1190. The van der Waals surface area contributed by atoms with Gasteiger partial charge in [0.15, 0.2) is 5.69 Å². The lowest BCUT2D eigenvalue weighted by Crippen LogP contribution is -2.32. The number of aromatic nitrogens is 4. The number of aromatic amines is 1. The summed E-state index contributed by atoms with van der Waals surface area (Å²) in [6.07, 6.45) is 0.572. The number of carbonyl (C=O) groups excluding carboxylic acids is 1. The molecule has 2 aromatic carbocycles. The van der Waals surface area contributed by atoms with E-state index in [1.807, 2.05) is 38.1 Å². The van der Waals surface area contributed by atoms with E-state index in [0.29, 0.717) is 23.7 Å². The molecule has 0 unspecified atom stereocenters. The number of nitrogens with one attached hydrogen (secondary N) is 2. The zero-order chi connectivity index (χ0) is 19.7. The highest BCUT2D eigenvalue weighted by Gasteiger charge is 2.17. The first-order valence-electron chi connectivity index (χ1n) is 9.28. The van der Waals surface area contributed by atoms with Gasteiger partial charge >= 0.3 is 0 Å². The Balaban J connectivity index is 1.56. The van der Waals surface area contributed by atoms with E-state index in [2.05, 4.69) is 20.4 Å². The van der Waals surface area contributed by atoms with Crippen molar-refractivity contribution in [2.24, 2.45) is 0 Å². The fourth-order valence-corrected chi connectivity index (χ4v) is 3.23. The summed E-state index contributed by atoms with van der Waals surface area (Å²) < 4.78 is 1.36. The number of benzene rings is 2. The molecule has 142 valence electrons. The van der Waals surface area contributed by atoms with E-state index in [-0.39, 0.29) is 23.2 Å². The molecule has 2 heterocycles. The van der Waals surface area contributed by atoms with Crippen molar-refractivity contribution < 1.29 is 4.79 Å². The molecule has 4 aromatic rings. The van der Waals surface area contributed by atoms with Gasteiger partial charge in [0.1, 0.15) is 5.82 Å². The molecule has 1 amide bonds. The van der Waals surface area contributed by atoms with Gasteiger partial charge in [-0.05, 0) is 32.0 Å². The number of hydrogen-bond donors (Lipinski definition) is 2. The summed E-state index contributed by atoms with van der Waals surface area (Å²) in [7, 11) is 0. The van der Waals surface area contributed by atoms with Gasteiger partial charge in [0, 0.05) is 18.4 Å². The summed E-state index contributed by atoms with van der Waals surface area (Å²) in [4.78, 5) is 33.1. The molecule has 0 fully saturated rings. The minimum Gasteiger partial charge on any atom is -0.350 e. The van der Waals surface area contributed by atoms with Crippen LogP contribution in [-0.2, 0) is 6.42 Å². The van der Waals surface area contributed by atoms with Gasteiger partial charge in [-0.1, -0.05) is 30.3 Å². The minimum absolute atomic E-state index is 0.140. The van der Waals surface area contributed by atoms with E-state index in [1.165, 1.54) is 4.68 Å². The Morgan fingerprint density at radius 3 is 2.57 bits per heavy atom. The lowest BCUT2D eigenvalue weighted by Gasteiger charge is -2.13. The van der Waals surface area contributed by atoms with Gasteiger partial charge < -0.3 is 10.3 Å². The Kier molecular flexibility index (Phi) is 4.65. The first-order chi connectivity index (χ1) is 13.5. The van der Waals surface area contributed by atoms with Crippen molar-refractivity contribution in [3.8, 4) is 0 Å². The van der Waals surface area contributed by atoms with Crippen LogP contribution in [0.4, 0.5) is 0 Å². The quantitative estimate of drug-likeness (QED) is 0.561. The van der Waals surface area contributed by atoms with Crippen LogP contribution in [0.3, 0.4) is 0 Å². The average molecular weight is 375 g/mol. The van der Waals surface area contributed by atoms with Crippen molar-refractivity contribution in [1.29, 1.82) is 0 Å². The number of rotatable bonds is 5. The summed E-state index contributed by atoms with van der Waals surface area (Å²) in [6, 6.07) is 14.7. The molecule has 0 radical (unpaired) electrons. The Hall–Kier alpha value is -3.48. The molecular weight excluding hydrogens is 354 g/mol. The van der Waals surface area contributed by atoms with Crippen molar-refractivity contribution in [2.75, 3.05) is 6.54 Å². The van der Waals surface area contributed by atoms with Crippen molar-refractivity contribution >= 4 is 27.7 Å². The van der Waals surface area contributed by atoms with Gasteiger partial charge in [0.25, 0.3) is 11.5 Å². The predicted octanol–water partition coefficient (Wildman–Crippen LogP) is 2.83. The average Bonchev–Trinajstić information content (AvgIpc) is 3.11. The maximum absolute atomic E-state index is 12.8. The van der Waals surface area contributed by atoms with Crippen molar-refractivity contribution in [1.82, 2.24) is 25.1 Å². The Morgan fingerprint density at radius 2 is 1.82 bits per heavy atom. The molecule has 0 aliphatic rings. The van der Waals surface area contributed by atoms with E-state index in [9.17, 15) is 9.59 Å². The zero-order valence-electron chi connectivity index (χ0n) is 15.8. The molecule has 2 aromatic heterocycles. The third kappa shape index (κ3) is 3.26. The number of hydrogen-bond acceptors (Lipinski definition) is 4. The normalized spacial score (nSPS) is 11.4. The standard InChI is InChI=1S/C21H21N5O2/c1-13(2)26-21(28)15-8-4-3-7-14(15)19(25-26)20(27)22-12-11-18-23-16-9-5-6-10-17(16)24-18/h3-10,13H,11-12H2,1-2H3,(H,22,27)(H,23,24). The molecule has 4 rings (SSSR count). The van der Waals surface area contributed by atoms with Crippen molar-refractivity contribution in [3.63, 3.8) is 0 Å². The van der Waals surface area contributed by atoms with Crippen molar-refractivity contribution in [3.05, 3.63) is 70.4 Å². The van der Waals surface area contributed by atoms with Gasteiger partial charge in [-0.2, -0.15) is 5.10 Å². The van der Waals surface area contributed by atoms with E-state index < -0.39 is 0 Å². The minimum atomic E-state index is -0.304. The van der Waals surface area contributed by atoms with Crippen LogP contribution in [0.15, 0.2) is 53.3 Å². The van der Waals surface area contributed by atoms with Gasteiger partial charge in [-0.25, -0.2) is 9.67 Å². The summed E-state index contributed by atoms with van der Waals surface area (Å²) in [5.41, 5.74) is 1.94. The number of imidazole rings is 1. The fourth-order valence-electron chi connectivity index (χ4n) is 3.23. The topological polar surface area (TPSA) is 92.7 Å². The van der Waals surface area contributed by atoms with Crippen LogP contribution in [0.25, 0.3) is 21.8 Å². The number of para-hydroxylation sites is 2. The molecule has 0 aliphatic heterocycles. The maximum atomic E-state index is 12.8. The van der Waals surface area contributed by atoms with E-state index in [4.69, 9.17) is 0 Å². The maximum Gasteiger partial charge on any atom is 0.274 e. The van der Waals surface area contributed by atoms with E-state index in [1.54, 1.807) is 24.3 Å². The number of fused-ring (bicyclic) bond motifs is 2. The van der Waals surface area contributed by atoms with Gasteiger partial charge in [0.2, 0.25) is 0 Å². The molecule has 0 saturated heterocycles. The molecular formula is C21H21N5O2. The van der Waals surface area contributed by atoms with Crippen LogP contribution in [0.5, 0.6) is 0 Å². The number of carbonyl (C=O) groups is 1. The third-order valence-corrected chi connectivity index (χ3v) is 4.62. The molecule has 0 spiro atoms. The lowest BCUT2D eigenvalue weighted by atomic mass is 10.1. The molecule has 0 saturated carbocycles. The summed E-state index contributed by atoms with van der Waals surface area (Å²) in [6.45, 7) is 4.15. The SMILES string of the molecule is CC(C)n1nc(C(=O)NCCc2nc3ccccc3[nH]2)c2ccccc2c1=O. The Morgan fingerprint density at radius 1 is 1.11 bits per heavy atom. The first kappa shape index (κ1) is 17.9. The highest BCUT2D eigenvalue weighted by molar-refractivity contribution is 6.04. The van der Waals surface area contributed by atoms with Crippen LogP contribution in [0.2, 0.25) is 0 Å². The van der Waals surface area contributed by atoms with Gasteiger partial charge in [0.05, 0.1) is 22.5 Å². The van der Waals surface area contributed by atoms with E-state index in [0.717, 1.165) is 16.9 Å². The first-order valence-corrected chi connectivity index (χ1v) is 9.28. The molecule has 0 atom stereocenters. The molecule has 2 N–H and O–H groups in total. The summed E-state index contributed by atoms with van der Waals surface area (Å²) >= 11 is 0. The second-order valence-electron chi connectivity index (χ2n) is 6.94. The lowest BCUT2D eigenvalue weighted by molar-refractivity contribution is 0.0948. The molecule has 7 heteroatoms. The monoisotopic (exact) mass is 375 g/mol. The van der Waals surface area contributed by atoms with Gasteiger partial charge in [-0.3, -0.25) is 9.59 Å². The highest BCUT2D eigenvalue weighted by atomic mass is 16.2. The number of amides is 1. The third-order valence-electron chi connectivity index (χ3n) is 4.62. The van der Waals surface area contributed by atoms with E-state index >= 15 is 0 Å². The van der Waals surface area contributed by atoms with Gasteiger partial charge in [-0.15, -0.1) is 0 Å². The molecule has 28 heavy (non-hydrogen) atoms. The number of nitrogens with zero attached hydrogens (tertiary/aromatic N) is 3. The summed E-state index contributed by atoms with van der Waals surface area (Å²) in [5.74, 6) is 0.508. The second kappa shape index (κ2) is 7.26. The molecule has 0 bridgehead atoms. The van der Waals surface area contributed by atoms with Crippen LogP contribution >= 0.6 is 0 Å². The fraction of sp³-hybridized carbons (Fsp3) is 0.238. The van der Waals surface area contributed by atoms with Crippen LogP contribution in [-0.4, -0.2) is 32.2 Å². The molecule has 7 nitrogen and oxygen atoms in total. The van der Waals surface area contributed by atoms with Crippen LogP contribution in [0, 0.1) is 0 Å². The summed E-state index contributed by atoms with van der Waals surface area (Å²) in [5, 5.41) is 8.28. The number of H-pyrrole nitrogens is 1. The largest absolute Gasteiger partial charge is 0.350 e. The van der Waals surface area contributed by atoms with Crippen molar-refractivity contribution in [2.45, 2.75) is 26.3 Å². The van der Waals surface area contributed by atoms with Crippen LogP contribution in [0.1, 0.15) is 36.2 Å². The molecule has 0 aliphatic carbocycles.